The third-order valence-corrected chi connectivity index (χ3v) is 4.22. The first kappa shape index (κ1) is 19.8. The normalized spacial score (nSPS) is 16.5. The molecular weight excluding hydrogens is 312 g/mol. The van der Waals surface area contributed by atoms with Gasteiger partial charge in [0.05, 0.1) is 11.8 Å². The smallest absolute Gasteiger partial charge is 0.224 e. The fourth-order valence-electron chi connectivity index (χ4n) is 3.00. The highest BCUT2D eigenvalue weighted by Crippen LogP contribution is 2.27. The Labute approximate surface area is 145 Å². The molecule has 23 heavy (non-hydrogen) atoms. The Hall–Kier alpha value is -1.26. The lowest BCUT2D eigenvalue weighted by Gasteiger charge is -2.28. The van der Waals surface area contributed by atoms with Crippen molar-refractivity contribution in [1.82, 2.24) is 5.32 Å². The number of ether oxygens (including phenoxy) is 1. The number of para-hydroxylation sites is 2. The average Bonchev–Trinajstić information content (AvgIpc) is 2.49. The van der Waals surface area contributed by atoms with Crippen molar-refractivity contribution in [3.63, 3.8) is 0 Å². The lowest BCUT2D eigenvalue weighted by Crippen LogP contribution is -2.32. The lowest BCUT2D eigenvalue weighted by atomic mass is 9.84. The van der Waals surface area contributed by atoms with E-state index < -0.39 is 0 Å². The van der Waals surface area contributed by atoms with Crippen LogP contribution < -0.4 is 15.4 Å². The van der Waals surface area contributed by atoms with Gasteiger partial charge in [-0.3, -0.25) is 4.79 Å². The Bertz CT molecular complexity index is 488. The number of halogens is 1. The molecule has 1 amide bonds. The van der Waals surface area contributed by atoms with Gasteiger partial charge in [-0.1, -0.05) is 19.1 Å². The first-order valence-corrected chi connectivity index (χ1v) is 8.32. The Morgan fingerprint density at radius 1 is 1.26 bits per heavy atom. The monoisotopic (exact) mass is 340 g/mol. The number of nitrogens with one attached hydrogen (secondary N) is 2. The van der Waals surface area contributed by atoms with Gasteiger partial charge in [-0.2, -0.15) is 0 Å². The van der Waals surface area contributed by atoms with E-state index in [2.05, 4.69) is 17.6 Å². The number of rotatable bonds is 6. The van der Waals surface area contributed by atoms with Crippen molar-refractivity contribution in [2.75, 3.05) is 18.4 Å². The summed E-state index contributed by atoms with van der Waals surface area (Å²) < 4.78 is 5.74. The van der Waals surface area contributed by atoms with Crippen molar-refractivity contribution in [1.29, 1.82) is 0 Å². The van der Waals surface area contributed by atoms with E-state index in [1.54, 1.807) is 0 Å². The summed E-state index contributed by atoms with van der Waals surface area (Å²) >= 11 is 0. The summed E-state index contributed by atoms with van der Waals surface area (Å²) in [5.74, 6) is 1.88. The SMILES string of the molecule is CC(C)Oc1ccccc1NC(=O)CC(C)C1CCNCC1.Cl. The molecule has 130 valence electrons. The lowest BCUT2D eigenvalue weighted by molar-refractivity contribution is -0.117. The van der Waals surface area contributed by atoms with Crippen LogP contribution in [0.2, 0.25) is 0 Å². The van der Waals surface area contributed by atoms with Crippen LogP contribution in [0.3, 0.4) is 0 Å². The Morgan fingerprint density at radius 3 is 2.57 bits per heavy atom. The molecule has 2 rings (SSSR count). The molecule has 1 fully saturated rings. The molecule has 1 heterocycles. The first-order valence-electron chi connectivity index (χ1n) is 8.32. The van der Waals surface area contributed by atoms with E-state index in [1.807, 2.05) is 38.1 Å². The predicted molar refractivity (Wildman–Crippen MR) is 97.5 cm³/mol. The number of amides is 1. The summed E-state index contributed by atoms with van der Waals surface area (Å²) in [6.45, 7) is 8.30. The predicted octanol–water partition coefficient (Wildman–Crippen LogP) is 3.86. The highest BCUT2D eigenvalue weighted by Gasteiger charge is 2.22. The van der Waals surface area contributed by atoms with Gasteiger partial charge < -0.3 is 15.4 Å². The molecular formula is C18H29ClN2O2. The first-order chi connectivity index (χ1) is 10.6. The Morgan fingerprint density at radius 2 is 1.91 bits per heavy atom. The molecule has 1 atom stereocenters. The van der Waals surface area contributed by atoms with Crippen molar-refractivity contribution in [2.45, 2.75) is 46.1 Å². The molecule has 1 aromatic carbocycles. The van der Waals surface area contributed by atoms with Crippen LogP contribution in [-0.2, 0) is 4.79 Å². The highest BCUT2D eigenvalue weighted by molar-refractivity contribution is 5.92. The second-order valence-corrected chi connectivity index (χ2v) is 6.48. The molecule has 1 aromatic rings. The molecule has 1 unspecified atom stereocenters. The van der Waals surface area contributed by atoms with Gasteiger partial charge in [-0.05, 0) is 63.7 Å². The van der Waals surface area contributed by atoms with Gasteiger partial charge in [0.1, 0.15) is 5.75 Å². The minimum absolute atomic E-state index is 0. The minimum Gasteiger partial charge on any atom is -0.489 e. The number of benzene rings is 1. The van der Waals surface area contributed by atoms with Crippen molar-refractivity contribution in [3.05, 3.63) is 24.3 Å². The fourth-order valence-corrected chi connectivity index (χ4v) is 3.00. The summed E-state index contributed by atoms with van der Waals surface area (Å²) in [5.41, 5.74) is 0.763. The fraction of sp³-hybridized carbons (Fsp3) is 0.611. The van der Waals surface area contributed by atoms with Crippen molar-refractivity contribution in [2.24, 2.45) is 11.8 Å². The molecule has 0 saturated carbocycles. The largest absolute Gasteiger partial charge is 0.489 e. The van der Waals surface area contributed by atoms with Gasteiger partial charge in [0, 0.05) is 6.42 Å². The highest BCUT2D eigenvalue weighted by atomic mass is 35.5. The van der Waals surface area contributed by atoms with E-state index in [0.29, 0.717) is 18.3 Å². The number of piperidine rings is 1. The molecule has 5 heteroatoms. The summed E-state index contributed by atoms with van der Waals surface area (Å²) in [6, 6.07) is 7.63. The van der Waals surface area contributed by atoms with Gasteiger partial charge in [-0.15, -0.1) is 12.4 Å². The van der Waals surface area contributed by atoms with Gasteiger partial charge in [-0.25, -0.2) is 0 Å². The molecule has 4 nitrogen and oxygen atoms in total. The quantitative estimate of drug-likeness (QED) is 0.826. The van der Waals surface area contributed by atoms with Crippen molar-refractivity contribution < 1.29 is 9.53 Å². The maximum Gasteiger partial charge on any atom is 0.224 e. The zero-order valence-electron chi connectivity index (χ0n) is 14.3. The topological polar surface area (TPSA) is 50.4 Å². The van der Waals surface area contributed by atoms with Crippen LogP contribution >= 0.6 is 12.4 Å². The summed E-state index contributed by atoms with van der Waals surface area (Å²) in [7, 11) is 0. The molecule has 0 spiro atoms. The van der Waals surface area contributed by atoms with Gasteiger partial charge in [0.15, 0.2) is 0 Å². The number of carbonyl (C=O) groups excluding carboxylic acids is 1. The van der Waals surface area contributed by atoms with Crippen LogP contribution in [0.5, 0.6) is 5.75 Å². The van der Waals surface area contributed by atoms with E-state index in [-0.39, 0.29) is 24.4 Å². The van der Waals surface area contributed by atoms with Crippen molar-refractivity contribution >= 4 is 24.0 Å². The molecule has 1 aliphatic heterocycles. The van der Waals surface area contributed by atoms with Crippen molar-refractivity contribution in [3.8, 4) is 5.75 Å². The summed E-state index contributed by atoms with van der Waals surface area (Å²) in [6.07, 6.45) is 3.00. The molecule has 2 N–H and O–H groups in total. The zero-order chi connectivity index (χ0) is 15.9. The summed E-state index contributed by atoms with van der Waals surface area (Å²) in [4.78, 5) is 12.3. The van der Waals surface area contributed by atoms with Crippen LogP contribution in [0.4, 0.5) is 5.69 Å². The molecule has 0 bridgehead atoms. The van der Waals surface area contributed by atoms with E-state index >= 15 is 0 Å². The van der Waals surface area contributed by atoms with Crippen LogP contribution in [0.1, 0.15) is 40.0 Å². The second-order valence-electron chi connectivity index (χ2n) is 6.48. The van der Waals surface area contributed by atoms with Gasteiger partial charge >= 0.3 is 0 Å². The molecule has 0 aromatic heterocycles. The molecule has 1 aliphatic rings. The molecule has 0 aliphatic carbocycles. The van der Waals surface area contributed by atoms with E-state index in [9.17, 15) is 4.79 Å². The number of anilines is 1. The van der Waals surface area contributed by atoms with Gasteiger partial charge in [0.25, 0.3) is 0 Å². The maximum absolute atomic E-state index is 12.3. The standard InChI is InChI=1S/C18H28N2O2.ClH/c1-13(2)22-17-7-5-4-6-16(17)20-18(21)12-14(3)15-8-10-19-11-9-15;/h4-7,13-15,19H,8-12H2,1-3H3,(H,20,21);1H. The van der Waals surface area contributed by atoms with Crippen LogP contribution in [0.25, 0.3) is 0 Å². The van der Waals surface area contributed by atoms with E-state index in [4.69, 9.17) is 4.74 Å². The van der Waals surface area contributed by atoms with Crippen LogP contribution in [-0.4, -0.2) is 25.1 Å². The zero-order valence-corrected chi connectivity index (χ0v) is 15.1. The van der Waals surface area contributed by atoms with Crippen LogP contribution in [0.15, 0.2) is 24.3 Å². The maximum atomic E-state index is 12.3. The number of hydrogen-bond acceptors (Lipinski definition) is 3. The Kier molecular flexibility index (Phi) is 8.42. The third kappa shape index (κ3) is 6.40. The second kappa shape index (κ2) is 9.78. The van der Waals surface area contributed by atoms with Crippen LogP contribution in [0, 0.1) is 11.8 Å². The third-order valence-electron chi connectivity index (χ3n) is 4.22. The number of carbonyl (C=O) groups is 1. The minimum atomic E-state index is 0. The van der Waals surface area contributed by atoms with E-state index in [0.717, 1.165) is 24.5 Å². The van der Waals surface area contributed by atoms with E-state index in [1.165, 1.54) is 12.8 Å². The van der Waals surface area contributed by atoms with Gasteiger partial charge in [0.2, 0.25) is 5.91 Å². The number of hydrogen-bond donors (Lipinski definition) is 2. The average molecular weight is 341 g/mol. The molecule has 0 radical (unpaired) electrons. The molecule has 1 saturated heterocycles. The summed E-state index contributed by atoms with van der Waals surface area (Å²) in [5, 5.41) is 6.38. The Balaban J connectivity index is 0.00000264.